The van der Waals surface area contributed by atoms with E-state index >= 15 is 0 Å². The normalized spacial score (nSPS) is 16.8. The number of nitrogens with zero attached hydrogens (tertiary/aromatic N) is 2. The molecule has 0 spiro atoms. The summed E-state index contributed by atoms with van der Waals surface area (Å²) in [6.45, 7) is 4.48. The quantitative estimate of drug-likeness (QED) is 0.619. The molecule has 6 nitrogen and oxygen atoms in total. The molecule has 3 N–H and O–H groups in total. The van der Waals surface area contributed by atoms with Crippen molar-refractivity contribution in [1.82, 2.24) is 9.88 Å². The zero-order chi connectivity index (χ0) is 23.5. The molecule has 1 amide bonds. The van der Waals surface area contributed by atoms with Gasteiger partial charge in [0.2, 0.25) is 0 Å². The number of carbonyl (C=O) groups is 1. The first kappa shape index (κ1) is 23.7. The van der Waals surface area contributed by atoms with Crippen LogP contribution < -0.4 is 15.8 Å². The number of amides is 1. The second-order valence-corrected chi connectivity index (χ2v) is 7.72. The van der Waals surface area contributed by atoms with Gasteiger partial charge in [0, 0.05) is 24.9 Å². The van der Waals surface area contributed by atoms with Gasteiger partial charge in [-0.2, -0.15) is 13.2 Å². The number of hydrogen-bond acceptors (Lipinski definition) is 5. The van der Waals surface area contributed by atoms with Crippen LogP contribution in [0.4, 0.5) is 19.0 Å². The number of carbonyl (C=O) groups excluding carboxylic acids is 1. The SMILES string of the molecule is CCCOc1cccnc1NC1=C(N)C(C)N(C(=O)c2cccc(C(F)(F)F)c2Cl)CC1. The molecule has 0 aliphatic carbocycles. The minimum absolute atomic E-state index is 0.211. The Balaban J connectivity index is 1.83. The fraction of sp³-hybridized carbons (Fsp3) is 0.364. The lowest BCUT2D eigenvalue weighted by Gasteiger charge is -2.36. The largest absolute Gasteiger partial charge is 0.490 e. The zero-order valence-corrected chi connectivity index (χ0v) is 18.4. The maximum absolute atomic E-state index is 13.2. The first-order chi connectivity index (χ1) is 15.1. The molecule has 0 saturated heterocycles. The highest BCUT2D eigenvalue weighted by Crippen LogP contribution is 2.37. The smallest absolute Gasteiger partial charge is 0.417 e. The van der Waals surface area contributed by atoms with Crippen molar-refractivity contribution >= 4 is 23.3 Å². The number of benzene rings is 1. The second kappa shape index (κ2) is 9.68. The summed E-state index contributed by atoms with van der Waals surface area (Å²) in [4.78, 5) is 18.7. The molecule has 0 bridgehead atoms. The van der Waals surface area contributed by atoms with Crippen molar-refractivity contribution in [3.63, 3.8) is 0 Å². The highest BCUT2D eigenvalue weighted by molar-refractivity contribution is 6.34. The molecule has 32 heavy (non-hydrogen) atoms. The summed E-state index contributed by atoms with van der Waals surface area (Å²) in [5.74, 6) is 0.476. The summed E-state index contributed by atoms with van der Waals surface area (Å²) in [6, 6.07) is 6.29. The molecule has 2 heterocycles. The zero-order valence-electron chi connectivity index (χ0n) is 17.7. The highest BCUT2D eigenvalue weighted by atomic mass is 35.5. The van der Waals surface area contributed by atoms with Gasteiger partial charge < -0.3 is 20.7 Å². The maximum Gasteiger partial charge on any atom is 0.417 e. The standard InChI is InChI=1S/C22H24ClF3N4O2/c1-3-12-32-17-8-5-10-28-20(17)29-16-9-11-30(13(2)19(16)27)21(31)14-6-4-7-15(18(14)23)22(24,25)26/h4-8,10,13H,3,9,11-12,27H2,1-2H3,(H,28,29). The van der Waals surface area contributed by atoms with Crippen LogP contribution in [-0.2, 0) is 6.18 Å². The first-order valence-corrected chi connectivity index (χ1v) is 10.5. The number of ether oxygens (including phenoxy) is 1. The van der Waals surface area contributed by atoms with Gasteiger partial charge in [-0.25, -0.2) is 4.98 Å². The summed E-state index contributed by atoms with van der Waals surface area (Å²) >= 11 is 5.94. The minimum atomic E-state index is -4.66. The summed E-state index contributed by atoms with van der Waals surface area (Å²) in [7, 11) is 0. The van der Waals surface area contributed by atoms with E-state index in [4.69, 9.17) is 22.1 Å². The number of pyridine rings is 1. The van der Waals surface area contributed by atoms with Crippen LogP contribution >= 0.6 is 11.6 Å². The molecule has 172 valence electrons. The van der Waals surface area contributed by atoms with E-state index in [2.05, 4.69) is 10.3 Å². The predicted octanol–water partition coefficient (Wildman–Crippen LogP) is 5.06. The molecule has 10 heteroatoms. The maximum atomic E-state index is 13.2. The Labute approximate surface area is 189 Å². The van der Waals surface area contributed by atoms with Crippen LogP contribution in [0.15, 0.2) is 47.9 Å². The van der Waals surface area contributed by atoms with E-state index in [0.717, 1.165) is 12.5 Å². The fourth-order valence-corrected chi connectivity index (χ4v) is 3.74. The molecule has 1 aromatic heterocycles. The molecule has 1 aromatic carbocycles. The van der Waals surface area contributed by atoms with Crippen LogP contribution in [0.25, 0.3) is 0 Å². The number of rotatable bonds is 6. The van der Waals surface area contributed by atoms with Gasteiger partial charge in [-0.15, -0.1) is 0 Å². The van der Waals surface area contributed by atoms with Gasteiger partial charge >= 0.3 is 6.18 Å². The predicted molar refractivity (Wildman–Crippen MR) is 116 cm³/mol. The van der Waals surface area contributed by atoms with Gasteiger partial charge in [-0.3, -0.25) is 4.79 Å². The van der Waals surface area contributed by atoms with Gasteiger partial charge in [-0.05, 0) is 37.6 Å². The molecular formula is C22H24ClF3N4O2. The Hall–Kier alpha value is -2.94. The van der Waals surface area contributed by atoms with Gasteiger partial charge in [-0.1, -0.05) is 24.6 Å². The number of nitrogens with two attached hydrogens (primary N) is 1. The van der Waals surface area contributed by atoms with Gasteiger partial charge in [0.15, 0.2) is 11.6 Å². The second-order valence-electron chi connectivity index (χ2n) is 7.35. The number of anilines is 1. The van der Waals surface area contributed by atoms with Crippen molar-refractivity contribution in [3.8, 4) is 5.75 Å². The number of aromatic nitrogens is 1. The Morgan fingerprint density at radius 1 is 1.34 bits per heavy atom. The van der Waals surface area contributed by atoms with Crippen molar-refractivity contribution < 1.29 is 22.7 Å². The average Bonchev–Trinajstić information content (AvgIpc) is 2.75. The van der Waals surface area contributed by atoms with E-state index in [-0.39, 0.29) is 12.1 Å². The number of hydrogen-bond donors (Lipinski definition) is 2. The van der Waals surface area contributed by atoms with Crippen molar-refractivity contribution in [2.45, 2.75) is 38.9 Å². The van der Waals surface area contributed by atoms with Crippen LogP contribution in [0.2, 0.25) is 5.02 Å². The lowest BCUT2D eigenvalue weighted by Crippen LogP contribution is -2.46. The summed E-state index contributed by atoms with van der Waals surface area (Å²) in [6.07, 6.45) is -1.83. The molecule has 1 aliphatic heterocycles. The van der Waals surface area contributed by atoms with Crippen molar-refractivity contribution in [2.24, 2.45) is 5.73 Å². The summed E-state index contributed by atoms with van der Waals surface area (Å²) in [5.41, 5.74) is 6.12. The molecule has 0 fully saturated rings. The highest BCUT2D eigenvalue weighted by Gasteiger charge is 2.36. The van der Waals surface area contributed by atoms with E-state index in [1.54, 1.807) is 25.3 Å². The van der Waals surface area contributed by atoms with Crippen LogP contribution in [0.5, 0.6) is 5.75 Å². The lowest BCUT2D eigenvalue weighted by atomic mass is 10.0. The molecule has 0 radical (unpaired) electrons. The number of nitrogens with one attached hydrogen (secondary N) is 1. The Morgan fingerprint density at radius 2 is 2.09 bits per heavy atom. The molecular weight excluding hydrogens is 445 g/mol. The third-order valence-electron chi connectivity index (χ3n) is 5.17. The van der Waals surface area contributed by atoms with Crippen LogP contribution in [0, 0.1) is 0 Å². The average molecular weight is 469 g/mol. The molecule has 0 saturated carbocycles. The monoisotopic (exact) mass is 468 g/mol. The Morgan fingerprint density at radius 3 is 2.78 bits per heavy atom. The minimum Gasteiger partial charge on any atom is -0.490 e. The molecule has 3 rings (SSSR count). The topological polar surface area (TPSA) is 80.5 Å². The fourth-order valence-electron chi connectivity index (χ4n) is 3.43. The van der Waals surface area contributed by atoms with Crippen molar-refractivity contribution in [3.05, 3.63) is 64.1 Å². The third kappa shape index (κ3) is 4.93. The summed E-state index contributed by atoms with van der Waals surface area (Å²) < 4.78 is 45.2. The molecule has 1 aliphatic rings. The van der Waals surface area contributed by atoms with Crippen molar-refractivity contribution in [1.29, 1.82) is 0 Å². The first-order valence-electron chi connectivity index (χ1n) is 10.1. The van der Waals surface area contributed by atoms with Crippen LogP contribution in [-0.4, -0.2) is 35.0 Å². The van der Waals surface area contributed by atoms with Crippen LogP contribution in [0.3, 0.4) is 0 Å². The van der Waals surface area contributed by atoms with Gasteiger partial charge in [0.05, 0.1) is 34.5 Å². The Bertz CT molecular complexity index is 1030. The summed E-state index contributed by atoms with van der Waals surface area (Å²) in [5, 5.41) is 2.57. The van der Waals surface area contributed by atoms with E-state index in [9.17, 15) is 18.0 Å². The van der Waals surface area contributed by atoms with Crippen LogP contribution in [0.1, 0.15) is 42.6 Å². The third-order valence-corrected chi connectivity index (χ3v) is 5.57. The van der Waals surface area contributed by atoms with Gasteiger partial charge in [0.1, 0.15) is 0 Å². The Kier molecular flexibility index (Phi) is 7.18. The molecule has 2 aromatic rings. The van der Waals surface area contributed by atoms with Crippen molar-refractivity contribution in [2.75, 3.05) is 18.5 Å². The number of alkyl halides is 3. The number of halogens is 4. The van der Waals surface area contributed by atoms with Gasteiger partial charge in [0.25, 0.3) is 5.91 Å². The van der Waals surface area contributed by atoms with E-state index in [1.165, 1.54) is 17.0 Å². The van der Waals surface area contributed by atoms with E-state index < -0.39 is 28.7 Å². The van der Waals surface area contributed by atoms with E-state index in [1.807, 2.05) is 6.92 Å². The molecule has 1 unspecified atom stereocenters. The molecule has 1 atom stereocenters. The lowest BCUT2D eigenvalue weighted by molar-refractivity contribution is -0.137. The van der Waals surface area contributed by atoms with E-state index in [0.29, 0.717) is 36.0 Å².